The molecule has 0 bridgehead atoms. The average Bonchev–Trinajstić information content (AvgIpc) is 2.46. The van der Waals surface area contributed by atoms with Gasteiger partial charge in [-0.2, -0.15) is 0 Å². The van der Waals surface area contributed by atoms with E-state index in [4.69, 9.17) is 15.2 Å². The topological polar surface area (TPSA) is 90.6 Å². The molecule has 0 aromatic heterocycles. The maximum absolute atomic E-state index is 12.4. The highest BCUT2D eigenvalue weighted by atomic mass is 32.2. The van der Waals surface area contributed by atoms with E-state index in [1.165, 1.54) is 32.4 Å². The van der Waals surface area contributed by atoms with Gasteiger partial charge >= 0.3 is 0 Å². The Bertz CT molecular complexity index is 722. The highest BCUT2D eigenvalue weighted by molar-refractivity contribution is 7.92. The van der Waals surface area contributed by atoms with Crippen LogP contribution in [-0.4, -0.2) is 22.6 Å². The van der Waals surface area contributed by atoms with Crippen LogP contribution in [0.25, 0.3) is 0 Å². The molecule has 0 radical (unpaired) electrons. The molecule has 0 heterocycles. The lowest BCUT2D eigenvalue weighted by molar-refractivity contribution is 0.392. The minimum atomic E-state index is -3.76. The van der Waals surface area contributed by atoms with Gasteiger partial charge in [0, 0.05) is 23.9 Å². The van der Waals surface area contributed by atoms with Gasteiger partial charge in [0.05, 0.1) is 24.8 Å². The fourth-order valence-corrected chi connectivity index (χ4v) is 2.85. The number of benzene rings is 2. The fraction of sp³-hybridized carbons (Fsp3) is 0.143. The molecule has 0 aliphatic heterocycles. The van der Waals surface area contributed by atoms with Gasteiger partial charge in [-0.25, -0.2) is 8.42 Å². The highest BCUT2D eigenvalue weighted by Gasteiger charge is 2.17. The number of hydrogen-bond donors (Lipinski definition) is 2. The first-order valence-electron chi connectivity index (χ1n) is 6.06. The van der Waals surface area contributed by atoms with Crippen molar-refractivity contribution >= 4 is 21.4 Å². The van der Waals surface area contributed by atoms with E-state index in [-0.39, 0.29) is 4.90 Å². The van der Waals surface area contributed by atoms with E-state index in [9.17, 15) is 8.42 Å². The van der Waals surface area contributed by atoms with Crippen LogP contribution in [0.15, 0.2) is 47.4 Å². The quantitative estimate of drug-likeness (QED) is 0.825. The fourth-order valence-electron chi connectivity index (χ4n) is 1.75. The van der Waals surface area contributed by atoms with E-state index in [0.717, 1.165) is 0 Å². The summed E-state index contributed by atoms with van der Waals surface area (Å²) < 4.78 is 37.4. The number of ether oxygens (including phenoxy) is 2. The zero-order valence-corrected chi connectivity index (χ0v) is 12.5. The number of methoxy groups -OCH3 is 2. The molecule has 0 saturated carbocycles. The van der Waals surface area contributed by atoms with Crippen LogP contribution in [0, 0.1) is 0 Å². The molecular weight excluding hydrogens is 292 g/mol. The van der Waals surface area contributed by atoms with Crippen LogP contribution in [0.2, 0.25) is 0 Å². The van der Waals surface area contributed by atoms with Gasteiger partial charge in [-0.1, -0.05) is 6.07 Å². The van der Waals surface area contributed by atoms with Gasteiger partial charge in [-0.3, -0.25) is 4.72 Å². The Morgan fingerprint density at radius 2 is 1.62 bits per heavy atom. The van der Waals surface area contributed by atoms with Gasteiger partial charge in [-0.15, -0.1) is 0 Å². The number of anilines is 2. The van der Waals surface area contributed by atoms with E-state index < -0.39 is 10.0 Å². The summed E-state index contributed by atoms with van der Waals surface area (Å²) in [5.74, 6) is 0.782. The van der Waals surface area contributed by atoms with Crippen LogP contribution >= 0.6 is 0 Å². The Morgan fingerprint density at radius 3 is 2.14 bits per heavy atom. The molecule has 2 rings (SSSR count). The minimum absolute atomic E-state index is 0.0427. The lowest BCUT2D eigenvalue weighted by Crippen LogP contribution is -2.13. The number of nitrogens with two attached hydrogens (primary N) is 1. The number of rotatable bonds is 5. The Labute approximate surface area is 123 Å². The largest absolute Gasteiger partial charge is 0.497 e. The van der Waals surface area contributed by atoms with Crippen molar-refractivity contribution < 1.29 is 17.9 Å². The first kappa shape index (κ1) is 15.0. The molecule has 2 aromatic carbocycles. The second-order valence-corrected chi connectivity index (χ2v) is 5.96. The number of nitrogen functional groups attached to an aromatic ring is 1. The third-order valence-electron chi connectivity index (χ3n) is 2.77. The smallest absolute Gasteiger partial charge is 0.262 e. The van der Waals surface area contributed by atoms with Crippen LogP contribution in [-0.2, 0) is 10.0 Å². The molecule has 0 fully saturated rings. The van der Waals surface area contributed by atoms with Crippen molar-refractivity contribution in [1.29, 1.82) is 0 Å². The van der Waals surface area contributed by atoms with Gasteiger partial charge in [0.1, 0.15) is 11.5 Å². The van der Waals surface area contributed by atoms with Crippen molar-refractivity contribution in [1.82, 2.24) is 0 Å². The van der Waals surface area contributed by atoms with Crippen molar-refractivity contribution in [2.45, 2.75) is 4.90 Å². The monoisotopic (exact) mass is 308 g/mol. The van der Waals surface area contributed by atoms with Gasteiger partial charge in [0.15, 0.2) is 0 Å². The summed E-state index contributed by atoms with van der Waals surface area (Å²) in [7, 11) is -0.851. The predicted molar refractivity (Wildman–Crippen MR) is 81.2 cm³/mol. The van der Waals surface area contributed by atoms with E-state index in [0.29, 0.717) is 22.9 Å². The second kappa shape index (κ2) is 5.92. The Balaban J connectivity index is 2.39. The maximum atomic E-state index is 12.4. The normalized spacial score (nSPS) is 11.0. The van der Waals surface area contributed by atoms with Crippen LogP contribution in [0.1, 0.15) is 0 Å². The van der Waals surface area contributed by atoms with Crippen molar-refractivity contribution in [3.05, 3.63) is 42.5 Å². The van der Waals surface area contributed by atoms with Crippen molar-refractivity contribution in [2.75, 3.05) is 24.7 Å². The molecule has 0 atom stereocenters. The number of nitrogens with one attached hydrogen (secondary N) is 1. The molecule has 3 N–H and O–H groups in total. The van der Waals surface area contributed by atoms with Crippen molar-refractivity contribution in [2.24, 2.45) is 0 Å². The van der Waals surface area contributed by atoms with E-state index in [1.807, 2.05) is 0 Å². The zero-order valence-electron chi connectivity index (χ0n) is 11.7. The van der Waals surface area contributed by atoms with Crippen LogP contribution in [0.3, 0.4) is 0 Å². The van der Waals surface area contributed by atoms with Crippen LogP contribution in [0.4, 0.5) is 11.4 Å². The summed E-state index contributed by atoms with van der Waals surface area (Å²) in [6.45, 7) is 0. The molecule has 0 amide bonds. The average molecular weight is 308 g/mol. The van der Waals surface area contributed by atoms with Gasteiger partial charge in [-0.05, 0) is 18.2 Å². The molecule has 21 heavy (non-hydrogen) atoms. The van der Waals surface area contributed by atoms with E-state index in [2.05, 4.69) is 4.72 Å². The number of hydrogen-bond acceptors (Lipinski definition) is 5. The molecule has 0 unspecified atom stereocenters. The zero-order chi connectivity index (χ0) is 15.5. The number of sulfonamides is 1. The van der Waals surface area contributed by atoms with Gasteiger partial charge < -0.3 is 15.2 Å². The summed E-state index contributed by atoms with van der Waals surface area (Å²) in [5.41, 5.74) is 6.49. The van der Waals surface area contributed by atoms with Crippen molar-refractivity contribution in [3.8, 4) is 11.5 Å². The SMILES string of the molecule is COc1cc(OC)cc(S(=O)(=O)Nc2cccc(N)c2)c1. The molecule has 6 nitrogen and oxygen atoms in total. The molecule has 0 saturated heterocycles. The van der Waals surface area contributed by atoms with E-state index in [1.54, 1.807) is 24.3 Å². The highest BCUT2D eigenvalue weighted by Crippen LogP contribution is 2.27. The molecule has 7 heteroatoms. The first-order valence-corrected chi connectivity index (χ1v) is 7.54. The summed E-state index contributed by atoms with van der Waals surface area (Å²) in [5, 5.41) is 0. The second-order valence-electron chi connectivity index (χ2n) is 4.28. The molecule has 2 aromatic rings. The molecule has 0 aliphatic rings. The molecular formula is C14H16N2O4S. The summed E-state index contributed by atoms with van der Waals surface area (Å²) in [6, 6.07) is 10.9. The summed E-state index contributed by atoms with van der Waals surface area (Å²) in [4.78, 5) is 0.0427. The van der Waals surface area contributed by atoms with Crippen LogP contribution in [0.5, 0.6) is 11.5 Å². The van der Waals surface area contributed by atoms with Gasteiger partial charge in [0.2, 0.25) is 0 Å². The molecule has 0 spiro atoms. The Morgan fingerprint density at radius 1 is 1.00 bits per heavy atom. The van der Waals surface area contributed by atoms with Crippen molar-refractivity contribution in [3.63, 3.8) is 0 Å². The Kier molecular flexibility index (Phi) is 4.23. The minimum Gasteiger partial charge on any atom is -0.497 e. The third kappa shape index (κ3) is 3.57. The first-order chi connectivity index (χ1) is 9.94. The maximum Gasteiger partial charge on any atom is 0.262 e. The standard InChI is InChI=1S/C14H16N2O4S/c1-19-12-7-13(20-2)9-14(8-12)21(17,18)16-11-5-3-4-10(15)6-11/h3-9,16H,15H2,1-2H3. The molecule has 112 valence electrons. The predicted octanol–water partition coefficient (Wildman–Crippen LogP) is 2.09. The lowest BCUT2D eigenvalue weighted by Gasteiger charge is -2.11. The summed E-state index contributed by atoms with van der Waals surface area (Å²) >= 11 is 0. The van der Waals surface area contributed by atoms with Crippen LogP contribution < -0.4 is 19.9 Å². The third-order valence-corrected chi connectivity index (χ3v) is 4.13. The summed E-state index contributed by atoms with van der Waals surface area (Å²) in [6.07, 6.45) is 0. The van der Waals surface area contributed by atoms with E-state index >= 15 is 0 Å². The Hall–Kier alpha value is -2.41. The lowest BCUT2D eigenvalue weighted by atomic mass is 10.3. The molecule has 0 aliphatic carbocycles. The van der Waals surface area contributed by atoms with Gasteiger partial charge in [0.25, 0.3) is 10.0 Å².